The molecule has 0 atom stereocenters. The number of fused-ring (bicyclic) bond motifs is 1. The maximum Gasteiger partial charge on any atom is 0.0241 e. The molecule has 0 unspecified atom stereocenters. The molecule has 2 rings (SSSR count). The number of rotatable bonds is 2. The fourth-order valence-electron chi connectivity index (χ4n) is 1.82. The average Bonchev–Trinajstić information content (AvgIpc) is 2.27. The lowest BCUT2D eigenvalue weighted by Crippen LogP contribution is -1.89. The second kappa shape index (κ2) is 4.23. The summed E-state index contributed by atoms with van der Waals surface area (Å²) in [6.07, 6.45) is 3.87. The summed E-state index contributed by atoms with van der Waals surface area (Å²) in [6.45, 7) is 5.77. The van der Waals surface area contributed by atoms with Crippen molar-refractivity contribution in [2.75, 3.05) is 0 Å². The predicted octanol–water partition coefficient (Wildman–Crippen LogP) is 3.63. The maximum absolute atomic E-state index is 5.55. The molecule has 0 spiro atoms. The van der Waals surface area contributed by atoms with E-state index in [1.165, 1.54) is 21.9 Å². The highest BCUT2D eigenvalue weighted by atomic mass is 14.5. The number of benzene rings is 2. The molecule has 0 amide bonds. The van der Waals surface area contributed by atoms with Crippen molar-refractivity contribution in [3.8, 4) is 0 Å². The Morgan fingerprint density at radius 1 is 1.19 bits per heavy atom. The van der Waals surface area contributed by atoms with E-state index in [0.29, 0.717) is 5.70 Å². The van der Waals surface area contributed by atoms with Crippen LogP contribution in [-0.2, 0) is 0 Å². The van der Waals surface area contributed by atoms with Gasteiger partial charge in [0.25, 0.3) is 0 Å². The Bertz CT molecular complexity index is 565. The van der Waals surface area contributed by atoms with Gasteiger partial charge >= 0.3 is 0 Å². The quantitative estimate of drug-likeness (QED) is 0.751. The minimum Gasteiger partial charge on any atom is -0.399 e. The van der Waals surface area contributed by atoms with Crippen LogP contribution in [0.5, 0.6) is 0 Å². The minimum atomic E-state index is 0.576. The Kier molecular flexibility index (Phi) is 2.78. The molecule has 1 nitrogen and oxygen atoms in total. The van der Waals surface area contributed by atoms with Crippen molar-refractivity contribution in [3.63, 3.8) is 0 Å². The SMILES string of the molecule is C=C(N)/C=C\c1c(C)ccc2ccccc12. The van der Waals surface area contributed by atoms with Crippen molar-refractivity contribution >= 4 is 16.8 Å². The van der Waals surface area contributed by atoms with Crippen LogP contribution in [0.2, 0.25) is 0 Å². The third-order valence-corrected chi connectivity index (χ3v) is 2.65. The first-order valence-corrected chi connectivity index (χ1v) is 5.29. The van der Waals surface area contributed by atoms with Gasteiger partial charge in [-0.1, -0.05) is 49.1 Å². The highest BCUT2D eigenvalue weighted by Gasteiger charge is 2.00. The molecule has 0 saturated carbocycles. The number of hydrogen-bond acceptors (Lipinski definition) is 1. The van der Waals surface area contributed by atoms with E-state index in [4.69, 9.17) is 5.73 Å². The number of allylic oxidation sites excluding steroid dienone is 1. The van der Waals surface area contributed by atoms with Gasteiger partial charge in [0.2, 0.25) is 0 Å². The number of aryl methyl sites for hydroxylation is 1. The summed E-state index contributed by atoms with van der Waals surface area (Å²) in [5.74, 6) is 0. The highest BCUT2D eigenvalue weighted by molar-refractivity contribution is 5.92. The van der Waals surface area contributed by atoms with Crippen LogP contribution in [0.1, 0.15) is 11.1 Å². The third kappa shape index (κ3) is 1.98. The molecule has 0 aliphatic carbocycles. The Morgan fingerprint density at radius 2 is 1.94 bits per heavy atom. The van der Waals surface area contributed by atoms with Crippen molar-refractivity contribution in [1.29, 1.82) is 0 Å². The molecule has 0 fully saturated rings. The second-order valence-electron chi connectivity index (χ2n) is 3.93. The average molecular weight is 209 g/mol. The molecule has 0 saturated heterocycles. The van der Waals surface area contributed by atoms with Gasteiger partial charge in [-0.15, -0.1) is 0 Å². The summed E-state index contributed by atoms with van der Waals surface area (Å²) in [6, 6.07) is 12.6. The lowest BCUT2D eigenvalue weighted by Gasteiger charge is -2.06. The maximum atomic E-state index is 5.55. The monoisotopic (exact) mass is 209 g/mol. The fraction of sp³-hybridized carbons (Fsp3) is 0.0667. The van der Waals surface area contributed by atoms with Crippen molar-refractivity contribution in [1.82, 2.24) is 0 Å². The standard InChI is InChI=1S/C15H15N/c1-11-7-9-13-5-3-4-6-15(13)14(11)10-8-12(2)16/h3-10H,2,16H2,1H3/b10-8-. The van der Waals surface area contributed by atoms with Crippen LogP contribution in [-0.4, -0.2) is 0 Å². The Morgan fingerprint density at radius 3 is 2.69 bits per heavy atom. The number of hydrogen-bond donors (Lipinski definition) is 1. The van der Waals surface area contributed by atoms with Gasteiger partial charge in [-0.2, -0.15) is 0 Å². The van der Waals surface area contributed by atoms with E-state index in [1.807, 2.05) is 18.2 Å². The lowest BCUT2D eigenvalue weighted by molar-refractivity contribution is 1.45. The number of nitrogens with two attached hydrogens (primary N) is 1. The van der Waals surface area contributed by atoms with Gasteiger partial charge in [-0.3, -0.25) is 0 Å². The largest absolute Gasteiger partial charge is 0.399 e. The zero-order valence-corrected chi connectivity index (χ0v) is 9.40. The molecular weight excluding hydrogens is 194 g/mol. The van der Waals surface area contributed by atoms with Crippen LogP contribution in [0.15, 0.2) is 54.8 Å². The molecule has 0 heterocycles. The molecule has 0 aromatic heterocycles. The van der Waals surface area contributed by atoms with Crippen LogP contribution in [0.3, 0.4) is 0 Å². The van der Waals surface area contributed by atoms with E-state index in [-0.39, 0.29) is 0 Å². The van der Waals surface area contributed by atoms with Gasteiger partial charge in [-0.05, 0) is 34.9 Å². The van der Waals surface area contributed by atoms with Crippen molar-refractivity contribution in [2.24, 2.45) is 5.73 Å². The normalized spacial score (nSPS) is 11.1. The van der Waals surface area contributed by atoms with Crippen molar-refractivity contribution in [2.45, 2.75) is 6.92 Å². The molecule has 2 N–H and O–H groups in total. The summed E-state index contributed by atoms with van der Waals surface area (Å²) < 4.78 is 0. The molecule has 0 bridgehead atoms. The van der Waals surface area contributed by atoms with E-state index in [9.17, 15) is 0 Å². The van der Waals surface area contributed by atoms with Gasteiger partial charge in [0.1, 0.15) is 0 Å². The van der Waals surface area contributed by atoms with Crippen LogP contribution >= 0.6 is 0 Å². The third-order valence-electron chi connectivity index (χ3n) is 2.65. The first kappa shape index (κ1) is 10.5. The van der Waals surface area contributed by atoms with Crippen molar-refractivity contribution < 1.29 is 0 Å². The minimum absolute atomic E-state index is 0.576. The van der Waals surface area contributed by atoms with Crippen molar-refractivity contribution in [3.05, 3.63) is 65.9 Å². The molecule has 0 radical (unpaired) electrons. The smallest absolute Gasteiger partial charge is 0.0241 e. The molecule has 0 aliphatic rings. The van der Waals surface area contributed by atoms with E-state index in [0.717, 1.165) is 0 Å². The summed E-state index contributed by atoms with van der Waals surface area (Å²) >= 11 is 0. The van der Waals surface area contributed by atoms with Gasteiger partial charge < -0.3 is 5.73 Å². The Labute approximate surface area is 95.9 Å². The second-order valence-corrected chi connectivity index (χ2v) is 3.93. The van der Waals surface area contributed by atoms with E-state index < -0.39 is 0 Å². The molecule has 80 valence electrons. The molecule has 1 heteroatoms. The summed E-state index contributed by atoms with van der Waals surface area (Å²) in [4.78, 5) is 0. The summed E-state index contributed by atoms with van der Waals surface area (Å²) in [5, 5.41) is 2.50. The summed E-state index contributed by atoms with van der Waals surface area (Å²) in [5.41, 5.74) is 8.59. The Hall–Kier alpha value is -2.02. The Balaban J connectivity index is 2.66. The zero-order valence-electron chi connectivity index (χ0n) is 9.40. The van der Waals surface area contributed by atoms with E-state index in [1.54, 1.807) is 0 Å². The van der Waals surface area contributed by atoms with Gasteiger partial charge in [0.15, 0.2) is 0 Å². The van der Waals surface area contributed by atoms with Gasteiger partial charge in [0, 0.05) is 5.70 Å². The summed E-state index contributed by atoms with van der Waals surface area (Å²) in [7, 11) is 0. The molecule has 0 aliphatic heterocycles. The first-order valence-electron chi connectivity index (χ1n) is 5.29. The lowest BCUT2D eigenvalue weighted by atomic mass is 9.99. The van der Waals surface area contributed by atoms with Crippen LogP contribution in [0, 0.1) is 6.92 Å². The molecule has 2 aromatic carbocycles. The topological polar surface area (TPSA) is 26.0 Å². The predicted molar refractivity (Wildman–Crippen MR) is 71.0 cm³/mol. The molecular formula is C15H15N. The van der Waals surface area contributed by atoms with Gasteiger partial charge in [0.05, 0.1) is 0 Å². The van der Waals surface area contributed by atoms with Crippen LogP contribution in [0.25, 0.3) is 16.8 Å². The zero-order chi connectivity index (χ0) is 11.5. The van der Waals surface area contributed by atoms with E-state index in [2.05, 4.69) is 43.8 Å². The van der Waals surface area contributed by atoms with E-state index >= 15 is 0 Å². The fourth-order valence-corrected chi connectivity index (χ4v) is 1.82. The molecule has 16 heavy (non-hydrogen) atoms. The van der Waals surface area contributed by atoms with Crippen LogP contribution < -0.4 is 5.73 Å². The van der Waals surface area contributed by atoms with Crippen LogP contribution in [0.4, 0.5) is 0 Å². The highest BCUT2D eigenvalue weighted by Crippen LogP contribution is 2.23. The van der Waals surface area contributed by atoms with Gasteiger partial charge in [-0.25, -0.2) is 0 Å². The first-order chi connectivity index (χ1) is 7.68. The molecule has 2 aromatic rings.